The average molecular weight is 362 g/mol. The van der Waals surface area contributed by atoms with Gasteiger partial charge in [0.05, 0.1) is 5.69 Å². The van der Waals surface area contributed by atoms with Crippen LogP contribution in [0.1, 0.15) is 32.3 Å². The number of hydrogen-bond donors (Lipinski definition) is 1. The maximum Gasteiger partial charge on any atom is 0.186 e. The zero-order chi connectivity index (χ0) is 18.5. The molecule has 1 N–H and O–H groups in total. The van der Waals surface area contributed by atoms with E-state index in [4.69, 9.17) is 0 Å². The van der Waals surface area contributed by atoms with Gasteiger partial charge in [-0.25, -0.2) is 0 Å². The fourth-order valence-electron chi connectivity index (χ4n) is 2.64. The maximum atomic E-state index is 12.0. The molecule has 0 unspecified atom stereocenters. The van der Waals surface area contributed by atoms with Crippen molar-refractivity contribution in [2.75, 3.05) is 5.43 Å². The molecule has 26 heavy (non-hydrogen) atoms. The second-order valence-electron chi connectivity index (χ2n) is 6.44. The summed E-state index contributed by atoms with van der Waals surface area (Å²) in [7, 11) is 0. The van der Waals surface area contributed by atoms with Crippen LogP contribution >= 0.6 is 11.8 Å². The van der Waals surface area contributed by atoms with Crippen molar-refractivity contribution in [3.05, 3.63) is 72.3 Å². The molecule has 0 aliphatic carbocycles. The third kappa shape index (κ3) is 4.33. The minimum atomic E-state index is -0.0596. The Morgan fingerprint density at radius 3 is 2.35 bits per heavy atom. The first kappa shape index (κ1) is 18.2. The van der Waals surface area contributed by atoms with Crippen molar-refractivity contribution in [3.63, 3.8) is 0 Å². The Labute approximate surface area is 158 Å². The lowest BCUT2D eigenvalue weighted by Gasteiger charge is -2.09. The number of carbonyl (C=O) groups excluding carboxylic acids is 1. The van der Waals surface area contributed by atoms with Gasteiger partial charge in [0.2, 0.25) is 0 Å². The molecule has 0 amide bonds. The van der Waals surface area contributed by atoms with Gasteiger partial charge in [-0.05, 0) is 35.1 Å². The number of hydrogen-bond acceptors (Lipinski definition) is 4. The van der Waals surface area contributed by atoms with Crippen LogP contribution in [0.4, 0.5) is 5.69 Å². The van der Waals surface area contributed by atoms with E-state index < -0.39 is 0 Å². The van der Waals surface area contributed by atoms with E-state index in [1.807, 2.05) is 42.5 Å². The molecule has 0 saturated carbocycles. The first-order valence-corrected chi connectivity index (χ1v) is 9.46. The third-order valence-electron chi connectivity index (χ3n) is 4.13. The molecule has 0 heterocycles. The van der Waals surface area contributed by atoms with Crippen molar-refractivity contribution in [2.24, 2.45) is 5.10 Å². The maximum absolute atomic E-state index is 12.0. The van der Waals surface area contributed by atoms with Gasteiger partial charge >= 0.3 is 0 Å². The quantitative estimate of drug-likeness (QED) is 0.259. The second-order valence-corrected chi connectivity index (χ2v) is 7.50. The lowest BCUT2D eigenvalue weighted by atomic mass is 10.0. The number of benzene rings is 3. The molecular weight excluding hydrogens is 340 g/mol. The highest BCUT2D eigenvalue weighted by Gasteiger charge is 2.10. The van der Waals surface area contributed by atoms with Gasteiger partial charge in [-0.1, -0.05) is 74.1 Å². The number of carbonyl (C=O) groups is 1. The SMILES string of the molecule is CC(=O)/C(=N\Nc1cccc2ccccc12)Sc1ccc(C(C)C)cc1. The monoisotopic (exact) mass is 362 g/mol. The number of hydrazone groups is 1. The van der Waals surface area contributed by atoms with Crippen molar-refractivity contribution in [1.82, 2.24) is 0 Å². The Morgan fingerprint density at radius 1 is 0.962 bits per heavy atom. The van der Waals surface area contributed by atoms with Gasteiger partial charge in [-0.3, -0.25) is 10.2 Å². The number of nitrogens with one attached hydrogen (secondary N) is 1. The molecule has 3 nitrogen and oxygen atoms in total. The molecule has 4 heteroatoms. The number of ketones is 1. The Balaban J connectivity index is 1.82. The average Bonchev–Trinajstić information content (AvgIpc) is 2.65. The van der Waals surface area contributed by atoms with Crippen LogP contribution in [0.2, 0.25) is 0 Å². The van der Waals surface area contributed by atoms with E-state index >= 15 is 0 Å². The van der Waals surface area contributed by atoms with E-state index in [1.165, 1.54) is 17.3 Å². The highest BCUT2D eigenvalue weighted by Crippen LogP contribution is 2.25. The Bertz CT molecular complexity index is 941. The van der Waals surface area contributed by atoms with Crippen molar-refractivity contribution in [3.8, 4) is 0 Å². The van der Waals surface area contributed by atoms with Crippen molar-refractivity contribution < 1.29 is 4.79 Å². The van der Waals surface area contributed by atoms with Gasteiger partial charge in [0.25, 0.3) is 0 Å². The minimum absolute atomic E-state index is 0.0596. The summed E-state index contributed by atoms with van der Waals surface area (Å²) in [6.07, 6.45) is 0. The zero-order valence-corrected chi connectivity index (χ0v) is 16.0. The highest BCUT2D eigenvalue weighted by atomic mass is 32.2. The van der Waals surface area contributed by atoms with Crippen LogP contribution in [0, 0.1) is 0 Å². The summed E-state index contributed by atoms with van der Waals surface area (Å²) in [6, 6.07) is 22.4. The lowest BCUT2D eigenvalue weighted by Crippen LogP contribution is -2.08. The number of thioether (sulfide) groups is 1. The zero-order valence-electron chi connectivity index (χ0n) is 15.2. The number of rotatable bonds is 5. The van der Waals surface area contributed by atoms with Crippen LogP contribution < -0.4 is 5.43 Å². The van der Waals surface area contributed by atoms with E-state index in [-0.39, 0.29) is 5.78 Å². The Morgan fingerprint density at radius 2 is 1.65 bits per heavy atom. The van der Waals surface area contributed by atoms with Crippen LogP contribution in [0.25, 0.3) is 10.8 Å². The van der Waals surface area contributed by atoms with E-state index in [2.05, 4.69) is 48.6 Å². The topological polar surface area (TPSA) is 41.5 Å². The first-order chi connectivity index (χ1) is 12.5. The molecule has 0 aliphatic heterocycles. The van der Waals surface area contributed by atoms with Crippen LogP contribution in [0.15, 0.2) is 76.7 Å². The summed E-state index contributed by atoms with van der Waals surface area (Å²) < 4.78 is 0. The molecule has 0 aromatic heterocycles. The first-order valence-electron chi connectivity index (χ1n) is 8.65. The predicted molar refractivity (Wildman–Crippen MR) is 112 cm³/mol. The van der Waals surface area contributed by atoms with Crippen molar-refractivity contribution in [2.45, 2.75) is 31.6 Å². The van der Waals surface area contributed by atoms with Crippen molar-refractivity contribution in [1.29, 1.82) is 0 Å². The minimum Gasteiger partial charge on any atom is -0.292 e. The van der Waals surface area contributed by atoms with Crippen LogP contribution in [-0.2, 0) is 4.79 Å². The third-order valence-corrected chi connectivity index (χ3v) is 5.21. The Hall–Kier alpha value is -2.59. The molecule has 0 aliphatic rings. The molecule has 0 bridgehead atoms. The number of anilines is 1. The molecule has 3 aromatic carbocycles. The van der Waals surface area contributed by atoms with E-state index in [0.29, 0.717) is 11.0 Å². The van der Waals surface area contributed by atoms with Gasteiger partial charge in [-0.15, -0.1) is 0 Å². The van der Waals surface area contributed by atoms with Crippen LogP contribution in [0.5, 0.6) is 0 Å². The summed E-state index contributed by atoms with van der Waals surface area (Å²) >= 11 is 1.38. The fourth-order valence-corrected chi connectivity index (χ4v) is 3.37. The number of fused-ring (bicyclic) bond motifs is 1. The Kier molecular flexibility index (Phi) is 5.74. The van der Waals surface area contributed by atoms with Gasteiger partial charge in [-0.2, -0.15) is 5.10 Å². The molecule has 3 aromatic rings. The summed E-state index contributed by atoms with van der Waals surface area (Å²) in [6.45, 7) is 5.87. The normalized spacial score (nSPS) is 11.8. The molecule has 0 atom stereocenters. The van der Waals surface area contributed by atoms with E-state index in [9.17, 15) is 4.79 Å². The van der Waals surface area contributed by atoms with Crippen molar-refractivity contribution >= 4 is 39.0 Å². The van der Waals surface area contributed by atoms with Gasteiger partial charge in [0.1, 0.15) is 0 Å². The lowest BCUT2D eigenvalue weighted by molar-refractivity contribution is -0.110. The fraction of sp³-hybridized carbons (Fsp3) is 0.182. The number of nitrogens with zero attached hydrogens (tertiary/aromatic N) is 1. The predicted octanol–water partition coefficient (Wildman–Crippen LogP) is 6.07. The van der Waals surface area contributed by atoms with E-state index in [1.54, 1.807) is 6.92 Å². The molecule has 3 rings (SSSR count). The second kappa shape index (κ2) is 8.19. The molecular formula is C22H22N2OS. The highest BCUT2D eigenvalue weighted by molar-refractivity contribution is 8.15. The standard InChI is InChI=1S/C22H22N2OS/c1-15(2)17-11-13-19(14-12-17)26-22(16(3)25)24-23-21-10-6-8-18-7-4-5-9-20(18)21/h4-15,23H,1-3H3/b24-22+. The van der Waals surface area contributed by atoms with Gasteiger partial charge in [0.15, 0.2) is 10.8 Å². The molecule has 0 spiro atoms. The summed E-state index contributed by atoms with van der Waals surface area (Å²) in [5, 5.41) is 7.03. The number of Topliss-reactive ketones (excluding diaryl/α,β-unsaturated/α-hetero) is 1. The van der Waals surface area contributed by atoms with Gasteiger partial charge < -0.3 is 0 Å². The molecule has 0 radical (unpaired) electrons. The summed E-state index contributed by atoms with van der Waals surface area (Å²) in [5.74, 6) is 0.429. The molecule has 0 fully saturated rings. The molecule has 0 saturated heterocycles. The smallest absolute Gasteiger partial charge is 0.186 e. The largest absolute Gasteiger partial charge is 0.292 e. The van der Waals surface area contributed by atoms with Crippen LogP contribution in [-0.4, -0.2) is 10.8 Å². The summed E-state index contributed by atoms with van der Waals surface area (Å²) in [5.41, 5.74) is 5.23. The van der Waals surface area contributed by atoms with E-state index in [0.717, 1.165) is 21.4 Å². The molecule has 132 valence electrons. The summed E-state index contributed by atoms with van der Waals surface area (Å²) in [4.78, 5) is 13.0. The van der Waals surface area contributed by atoms with Crippen LogP contribution in [0.3, 0.4) is 0 Å². The van der Waals surface area contributed by atoms with Gasteiger partial charge in [0, 0.05) is 17.2 Å².